The number of rotatable bonds is 14. The molecule has 12 heteroatoms. The Bertz CT molecular complexity index is 2210. The molecule has 0 unspecified atom stereocenters. The molecule has 270 valence electrons. The maximum absolute atomic E-state index is 11.4. The van der Waals surface area contributed by atoms with Gasteiger partial charge < -0.3 is 14.0 Å². The Morgan fingerprint density at radius 1 is 0.745 bits per heavy atom. The van der Waals surface area contributed by atoms with E-state index in [1.165, 1.54) is 20.9 Å². The summed E-state index contributed by atoms with van der Waals surface area (Å²) < 4.78 is 70.5. The van der Waals surface area contributed by atoms with Gasteiger partial charge >= 0.3 is 0 Å². The van der Waals surface area contributed by atoms with E-state index in [1.54, 1.807) is 22.7 Å². The van der Waals surface area contributed by atoms with E-state index in [2.05, 4.69) is 115 Å². The molecule has 2 aromatic carbocycles. The van der Waals surface area contributed by atoms with Crippen LogP contribution in [0.1, 0.15) is 64.5 Å². The molecule has 51 heavy (non-hydrogen) atoms. The Morgan fingerprint density at radius 2 is 1.33 bits per heavy atom. The third kappa shape index (κ3) is 8.16. The molecule has 0 aliphatic carbocycles. The number of nitrogens with zero attached hydrogens (tertiary/aromatic N) is 2. The molecular formula is C39H43N2O6S4-. The summed E-state index contributed by atoms with van der Waals surface area (Å²) in [5.74, 6) is -0.770. The lowest BCUT2D eigenvalue weighted by atomic mass is 9.81. The number of thiophene rings is 2. The molecule has 0 saturated carbocycles. The van der Waals surface area contributed by atoms with Crippen molar-refractivity contribution in [3.8, 4) is 20.9 Å². The van der Waals surface area contributed by atoms with Crippen LogP contribution in [0.5, 0.6) is 0 Å². The quantitative estimate of drug-likeness (QED) is 0.0719. The van der Waals surface area contributed by atoms with E-state index in [0.29, 0.717) is 25.9 Å². The SMILES string of the molecule is CC1(C)C(=CC=CC2=[N+](CCCCS(=O)(=O)[O-])c3cc(-c4cccs4)ccc3C2(C)C)N(CCCCS(=O)(=O)[O-])c2cc(-c3cccs3)ccc21. The van der Waals surface area contributed by atoms with Crippen LogP contribution in [0.15, 0.2) is 95.3 Å². The van der Waals surface area contributed by atoms with Crippen LogP contribution in [0, 0.1) is 0 Å². The fourth-order valence-corrected chi connectivity index (χ4v) is 9.94. The molecule has 0 amide bonds. The van der Waals surface area contributed by atoms with Gasteiger partial charge in [-0.2, -0.15) is 4.58 Å². The number of benzene rings is 2. The van der Waals surface area contributed by atoms with Crippen molar-refractivity contribution in [3.05, 3.63) is 106 Å². The number of hydrogen-bond donors (Lipinski definition) is 0. The Balaban J connectivity index is 1.38. The monoisotopic (exact) mass is 763 g/mol. The van der Waals surface area contributed by atoms with Gasteiger partial charge in [0.15, 0.2) is 5.71 Å². The van der Waals surface area contributed by atoms with Crippen LogP contribution in [0.25, 0.3) is 20.9 Å². The van der Waals surface area contributed by atoms with Crippen LogP contribution in [-0.2, 0) is 31.1 Å². The van der Waals surface area contributed by atoms with E-state index < -0.39 is 20.2 Å². The Hall–Kier alpha value is -3.39. The Morgan fingerprint density at radius 3 is 1.92 bits per heavy atom. The summed E-state index contributed by atoms with van der Waals surface area (Å²) in [6.45, 7) is 9.92. The van der Waals surface area contributed by atoms with E-state index in [9.17, 15) is 25.9 Å². The van der Waals surface area contributed by atoms with Crippen molar-refractivity contribution in [2.75, 3.05) is 29.5 Å². The van der Waals surface area contributed by atoms with Gasteiger partial charge in [0, 0.05) is 68.7 Å². The van der Waals surface area contributed by atoms with Gasteiger partial charge in [0.25, 0.3) is 0 Å². The highest BCUT2D eigenvalue weighted by atomic mass is 32.2. The molecule has 2 aromatic heterocycles. The van der Waals surface area contributed by atoms with Gasteiger partial charge in [0.2, 0.25) is 5.69 Å². The zero-order valence-corrected chi connectivity index (χ0v) is 32.6. The van der Waals surface area contributed by atoms with Crippen LogP contribution < -0.4 is 4.90 Å². The first kappa shape index (κ1) is 37.4. The summed E-state index contributed by atoms with van der Waals surface area (Å²) in [5.41, 5.74) is 8.19. The molecule has 0 fully saturated rings. The second kappa shape index (κ2) is 14.6. The van der Waals surface area contributed by atoms with Gasteiger partial charge in [-0.15, -0.1) is 22.7 Å². The number of anilines is 1. The zero-order valence-electron chi connectivity index (χ0n) is 29.3. The maximum Gasteiger partial charge on any atom is 0.210 e. The van der Waals surface area contributed by atoms with Gasteiger partial charge in [-0.3, -0.25) is 0 Å². The summed E-state index contributed by atoms with van der Waals surface area (Å²) in [6.07, 6.45) is 8.01. The van der Waals surface area contributed by atoms with E-state index in [0.717, 1.165) is 33.9 Å². The van der Waals surface area contributed by atoms with Crippen molar-refractivity contribution >= 4 is 60.0 Å². The molecule has 0 atom stereocenters. The molecule has 2 aliphatic heterocycles. The number of unbranched alkanes of at least 4 members (excludes halogenated alkanes) is 2. The first-order chi connectivity index (χ1) is 24.1. The van der Waals surface area contributed by atoms with E-state index >= 15 is 0 Å². The fraction of sp³-hybridized carbons (Fsp3) is 0.359. The third-order valence-electron chi connectivity index (χ3n) is 9.96. The first-order valence-electron chi connectivity index (χ1n) is 17.1. The molecule has 0 radical (unpaired) electrons. The standard InChI is InChI=1S/C39H44N2O6S4/c1-38(2)30-18-16-28(34-12-10-22-48-34)26-32(30)40(20-5-7-24-50(42,43)44)36(38)14-9-15-37-39(3,4)31-19-17-29(35-13-11-23-49-35)27-33(31)41(37)21-6-8-25-51(45,46)47/h9-19,22-23,26-27H,5-8,20-21,24-25H2,1-4H3,(H-,42,43,44,45,46,47)/p-1. The predicted octanol–water partition coefficient (Wildman–Crippen LogP) is 8.41. The lowest BCUT2D eigenvalue weighted by Gasteiger charge is -2.27. The molecular weight excluding hydrogens is 721 g/mol. The largest absolute Gasteiger partial charge is 0.748 e. The number of allylic oxidation sites excluding steroid dienone is 4. The van der Waals surface area contributed by atoms with Crippen molar-refractivity contribution in [1.82, 2.24) is 0 Å². The minimum Gasteiger partial charge on any atom is -0.748 e. The summed E-state index contributed by atoms with van der Waals surface area (Å²) in [6, 6.07) is 21.4. The van der Waals surface area contributed by atoms with Crippen molar-refractivity contribution in [2.24, 2.45) is 0 Å². The predicted molar refractivity (Wildman–Crippen MR) is 208 cm³/mol. The lowest BCUT2D eigenvalue weighted by Crippen LogP contribution is -2.28. The first-order valence-corrected chi connectivity index (χ1v) is 22.0. The highest BCUT2D eigenvalue weighted by Gasteiger charge is 2.44. The van der Waals surface area contributed by atoms with Crippen molar-refractivity contribution < 1.29 is 30.5 Å². The highest BCUT2D eigenvalue weighted by molar-refractivity contribution is 7.85. The molecule has 0 bridgehead atoms. The number of fused-ring (bicyclic) bond motifs is 2. The van der Waals surface area contributed by atoms with Crippen LogP contribution in [0.3, 0.4) is 0 Å². The van der Waals surface area contributed by atoms with Crippen LogP contribution in [0.4, 0.5) is 11.4 Å². The lowest BCUT2D eigenvalue weighted by molar-refractivity contribution is -0.438. The van der Waals surface area contributed by atoms with Crippen LogP contribution in [0.2, 0.25) is 0 Å². The van der Waals surface area contributed by atoms with E-state index in [1.807, 2.05) is 12.1 Å². The second-order valence-corrected chi connectivity index (χ2v) is 19.1. The minimum absolute atomic E-state index is 0.284. The maximum atomic E-state index is 11.4. The minimum atomic E-state index is -4.29. The van der Waals surface area contributed by atoms with Gasteiger partial charge in [0.1, 0.15) is 6.54 Å². The Kier molecular flexibility index (Phi) is 10.7. The molecule has 4 aromatic rings. The average Bonchev–Trinajstić information content (AvgIpc) is 3.85. The Labute approximate surface area is 310 Å². The summed E-state index contributed by atoms with van der Waals surface area (Å²) in [4.78, 5) is 4.60. The van der Waals surface area contributed by atoms with Gasteiger partial charge in [-0.1, -0.05) is 56.3 Å². The van der Waals surface area contributed by atoms with Crippen molar-refractivity contribution in [3.63, 3.8) is 0 Å². The van der Waals surface area contributed by atoms with E-state index in [4.69, 9.17) is 0 Å². The van der Waals surface area contributed by atoms with Crippen LogP contribution in [-0.4, -0.2) is 60.8 Å². The molecule has 0 saturated heterocycles. The van der Waals surface area contributed by atoms with E-state index in [-0.39, 0.29) is 35.2 Å². The van der Waals surface area contributed by atoms with Crippen LogP contribution >= 0.6 is 22.7 Å². The molecule has 0 N–H and O–H groups in total. The zero-order chi connectivity index (χ0) is 36.6. The summed E-state index contributed by atoms with van der Waals surface area (Å²) in [5, 5.41) is 4.12. The normalized spacial score (nSPS) is 17.5. The van der Waals surface area contributed by atoms with Crippen molar-refractivity contribution in [2.45, 2.75) is 64.2 Å². The van der Waals surface area contributed by atoms with Gasteiger partial charge in [0.05, 0.1) is 25.7 Å². The molecule has 6 rings (SSSR count). The third-order valence-corrected chi connectivity index (χ3v) is 13.4. The summed E-state index contributed by atoms with van der Waals surface area (Å²) >= 11 is 3.36. The topological polar surface area (TPSA) is 121 Å². The van der Waals surface area contributed by atoms with Crippen molar-refractivity contribution in [1.29, 1.82) is 0 Å². The molecule has 8 nitrogen and oxygen atoms in total. The fourth-order valence-electron chi connectivity index (χ4n) is 7.38. The molecule has 4 heterocycles. The average molecular weight is 764 g/mol. The second-order valence-electron chi connectivity index (χ2n) is 14.2. The summed E-state index contributed by atoms with van der Waals surface area (Å²) in [7, 11) is -8.58. The number of hydrogen-bond acceptors (Lipinski definition) is 9. The van der Waals surface area contributed by atoms with Gasteiger partial charge in [-0.25, -0.2) is 16.8 Å². The highest BCUT2D eigenvalue weighted by Crippen LogP contribution is 2.49. The van der Waals surface area contributed by atoms with Gasteiger partial charge in [-0.05, 0) is 84.8 Å². The smallest absolute Gasteiger partial charge is 0.210 e. The molecule has 0 spiro atoms. The molecule has 2 aliphatic rings.